The molecule has 0 spiro atoms. The van der Waals surface area contributed by atoms with Gasteiger partial charge in [-0.25, -0.2) is 0 Å². The summed E-state index contributed by atoms with van der Waals surface area (Å²) >= 11 is 0. The lowest BCUT2D eigenvalue weighted by atomic mass is 9.69. The van der Waals surface area contributed by atoms with Gasteiger partial charge in [0, 0.05) is 0 Å². The average molecular weight is 434 g/mol. The Hall–Kier alpha value is -1.40. The van der Waals surface area contributed by atoms with Crippen LogP contribution in [0.1, 0.15) is 80.9 Å². The van der Waals surface area contributed by atoms with Gasteiger partial charge in [-0.2, -0.15) is 26.3 Å². The highest BCUT2D eigenvalue weighted by Gasteiger charge is 2.47. The van der Waals surface area contributed by atoms with Crippen molar-refractivity contribution >= 4 is 0 Å². The van der Waals surface area contributed by atoms with E-state index in [4.69, 9.17) is 4.74 Å². The van der Waals surface area contributed by atoms with E-state index in [2.05, 4.69) is 0 Å². The second kappa shape index (κ2) is 8.27. The molecule has 1 heterocycles. The van der Waals surface area contributed by atoms with Crippen molar-refractivity contribution in [3.8, 4) is 5.75 Å². The third kappa shape index (κ3) is 4.45. The Labute approximate surface area is 173 Å². The number of aryl methyl sites for hydroxylation is 1. The molecule has 0 aromatic heterocycles. The molecule has 1 atom stereocenters. The van der Waals surface area contributed by atoms with Gasteiger partial charge in [-0.15, -0.1) is 0 Å². The van der Waals surface area contributed by atoms with Crippen molar-refractivity contribution in [2.24, 2.45) is 17.8 Å². The number of hydrogen-bond acceptors (Lipinski definition) is 1. The van der Waals surface area contributed by atoms with Gasteiger partial charge in [-0.1, -0.05) is 38.2 Å². The molecule has 1 aromatic carbocycles. The molecule has 30 heavy (non-hydrogen) atoms. The summed E-state index contributed by atoms with van der Waals surface area (Å²) in [5.74, 6) is 0.968. The Balaban J connectivity index is 1.51. The van der Waals surface area contributed by atoms with Crippen LogP contribution in [0.15, 0.2) is 12.1 Å². The number of fused-ring (bicyclic) bond motifs is 1. The Bertz CT molecular complexity index is 739. The van der Waals surface area contributed by atoms with Gasteiger partial charge >= 0.3 is 12.4 Å². The predicted molar refractivity (Wildman–Crippen MR) is 101 cm³/mol. The van der Waals surface area contributed by atoms with E-state index in [1.54, 1.807) is 0 Å². The number of alkyl halides is 6. The third-order valence-electron chi connectivity index (χ3n) is 7.45. The lowest BCUT2D eigenvalue weighted by Gasteiger charge is -2.40. The standard InChI is InChI=1S/C23H28F6O/c24-22(25,26)18-12-10-17-11-13-19(30-21(17)20(18)23(27,28)29)16-8-6-15(7-9-16)14-4-2-1-3-5-14/h10,12,14-16,19H,1-9,11,13H2. The van der Waals surface area contributed by atoms with E-state index in [0.29, 0.717) is 24.8 Å². The summed E-state index contributed by atoms with van der Waals surface area (Å²) in [7, 11) is 0. The van der Waals surface area contributed by atoms with E-state index in [0.717, 1.165) is 37.7 Å². The minimum atomic E-state index is -5.11. The summed E-state index contributed by atoms with van der Waals surface area (Å²) < 4.78 is 86.4. The van der Waals surface area contributed by atoms with Gasteiger partial charge in [0.2, 0.25) is 0 Å². The van der Waals surface area contributed by atoms with Crippen LogP contribution in [-0.2, 0) is 18.8 Å². The van der Waals surface area contributed by atoms with Gasteiger partial charge in [0.1, 0.15) is 17.4 Å². The minimum Gasteiger partial charge on any atom is -0.489 e. The van der Waals surface area contributed by atoms with E-state index in [9.17, 15) is 26.3 Å². The largest absolute Gasteiger partial charge is 0.489 e. The molecule has 1 nitrogen and oxygen atoms in total. The first-order chi connectivity index (χ1) is 14.1. The highest BCUT2D eigenvalue weighted by Crippen LogP contribution is 2.49. The predicted octanol–water partition coefficient (Wildman–Crippen LogP) is 7.80. The van der Waals surface area contributed by atoms with Crippen molar-refractivity contribution in [3.05, 3.63) is 28.8 Å². The maximum absolute atomic E-state index is 13.6. The first-order valence-corrected chi connectivity index (χ1v) is 11.1. The molecule has 1 unspecified atom stereocenters. The smallest absolute Gasteiger partial charge is 0.420 e. The van der Waals surface area contributed by atoms with Crippen LogP contribution in [0.4, 0.5) is 26.3 Å². The lowest BCUT2D eigenvalue weighted by Crippen LogP contribution is -2.36. The van der Waals surface area contributed by atoms with Gasteiger partial charge in [0.05, 0.1) is 5.56 Å². The quantitative estimate of drug-likeness (QED) is 0.432. The molecule has 1 aromatic rings. The van der Waals surface area contributed by atoms with Gasteiger partial charge in [0.25, 0.3) is 0 Å². The summed E-state index contributed by atoms with van der Waals surface area (Å²) in [5, 5.41) is 0. The molecule has 4 rings (SSSR count). The second-order valence-electron chi connectivity index (χ2n) is 9.24. The van der Waals surface area contributed by atoms with Crippen LogP contribution in [0.25, 0.3) is 0 Å². The van der Waals surface area contributed by atoms with Crippen molar-refractivity contribution in [3.63, 3.8) is 0 Å². The van der Waals surface area contributed by atoms with Gasteiger partial charge in [-0.3, -0.25) is 0 Å². The fourth-order valence-corrected chi connectivity index (χ4v) is 5.91. The SMILES string of the molecule is FC(F)(F)c1ccc2c(c1C(F)(F)F)OC(C1CCC(C3CCCCC3)CC1)CC2. The molecule has 0 bridgehead atoms. The maximum atomic E-state index is 13.6. The van der Waals surface area contributed by atoms with Crippen LogP contribution in [0, 0.1) is 17.8 Å². The van der Waals surface area contributed by atoms with E-state index >= 15 is 0 Å². The molecule has 168 valence electrons. The van der Waals surface area contributed by atoms with Crippen molar-refractivity contribution < 1.29 is 31.1 Å². The second-order valence-corrected chi connectivity index (χ2v) is 9.24. The van der Waals surface area contributed by atoms with Crippen molar-refractivity contribution in [1.29, 1.82) is 0 Å². The summed E-state index contributed by atoms with van der Waals surface area (Å²) in [5.41, 5.74) is -3.09. The lowest BCUT2D eigenvalue weighted by molar-refractivity contribution is -0.163. The molecule has 2 fully saturated rings. The highest BCUT2D eigenvalue weighted by molar-refractivity contribution is 5.50. The Morgan fingerprint density at radius 3 is 1.87 bits per heavy atom. The third-order valence-corrected chi connectivity index (χ3v) is 7.45. The zero-order valence-electron chi connectivity index (χ0n) is 16.9. The zero-order valence-corrected chi connectivity index (χ0v) is 16.9. The molecule has 2 aliphatic carbocycles. The molecule has 1 aliphatic heterocycles. The van der Waals surface area contributed by atoms with Crippen LogP contribution in [0.5, 0.6) is 5.75 Å². The molecule has 0 radical (unpaired) electrons. The Morgan fingerprint density at radius 1 is 0.667 bits per heavy atom. The van der Waals surface area contributed by atoms with Crippen LogP contribution < -0.4 is 4.74 Å². The molecule has 3 aliphatic rings. The number of halogens is 6. The average Bonchev–Trinajstić information content (AvgIpc) is 2.72. The van der Waals surface area contributed by atoms with Crippen molar-refractivity contribution in [2.45, 2.75) is 89.1 Å². The summed E-state index contributed by atoms with van der Waals surface area (Å²) in [6, 6.07) is 1.68. The van der Waals surface area contributed by atoms with Crippen molar-refractivity contribution in [1.82, 2.24) is 0 Å². The van der Waals surface area contributed by atoms with E-state index in [1.807, 2.05) is 0 Å². The molecule has 0 N–H and O–H groups in total. The number of ether oxygens (including phenoxy) is 1. The van der Waals surface area contributed by atoms with Crippen LogP contribution in [0.2, 0.25) is 0 Å². The molecule has 0 saturated heterocycles. The fourth-order valence-electron chi connectivity index (χ4n) is 5.91. The fraction of sp³-hybridized carbons (Fsp3) is 0.739. The van der Waals surface area contributed by atoms with Gasteiger partial charge in [-0.05, 0) is 67.9 Å². The highest BCUT2D eigenvalue weighted by atomic mass is 19.4. The first kappa shape index (κ1) is 21.8. The monoisotopic (exact) mass is 434 g/mol. The first-order valence-electron chi connectivity index (χ1n) is 11.1. The van der Waals surface area contributed by atoms with E-state index in [-0.39, 0.29) is 11.5 Å². The maximum Gasteiger partial charge on any atom is 0.420 e. The van der Waals surface area contributed by atoms with Gasteiger partial charge < -0.3 is 4.74 Å². The number of rotatable bonds is 2. The van der Waals surface area contributed by atoms with E-state index < -0.39 is 35.3 Å². The number of hydrogen-bond donors (Lipinski definition) is 0. The van der Waals surface area contributed by atoms with Crippen molar-refractivity contribution in [2.75, 3.05) is 0 Å². The molecular weight excluding hydrogens is 406 g/mol. The van der Waals surface area contributed by atoms with Gasteiger partial charge in [0.15, 0.2) is 0 Å². The molecular formula is C23H28F6O. The summed E-state index contributed by atoms with van der Waals surface area (Å²) in [4.78, 5) is 0. The molecule has 0 amide bonds. The minimum absolute atomic E-state index is 0.119. The molecule has 2 saturated carbocycles. The topological polar surface area (TPSA) is 9.23 Å². The van der Waals surface area contributed by atoms with Crippen LogP contribution in [0.3, 0.4) is 0 Å². The van der Waals surface area contributed by atoms with Crippen LogP contribution >= 0.6 is 0 Å². The number of benzene rings is 1. The molecule has 7 heteroatoms. The van der Waals surface area contributed by atoms with Crippen LogP contribution in [-0.4, -0.2) is 6.10 Å². The summed E-state index contributed by atoms with van der Waals surface area (Å²) in [6.45, 7) is 0. The van der Waals surface area contributed by atoms with E-state index in [1.165, 1.54) is 32.1 Å². The Morgan fingerprint density at radius 2 is 1.27 bits per heavy atom. The normalized spacial score (nSPS) is 28.7. The summed E-state index contributed by atoms with van der Waals surface area (Å²) in [6.07, 6.45) is 0.580. The zero-order chi connectivity index (χ0) is 21.5. The Kier molecular flexibility index (Phi) is 6.01.